The maximum absolute atomic E-state index is 13.1. The summed E-state index contributed by atoms with van der Waals surface area (Å²) in [5.41, 5.74) is 6.58. The van der Waals surface area contributed by atoms with Crippen LogP contribution in [0.15, 0.2) is 96.1 Å². The van der Waals surface area contributed by atoms with E-state index >= 15 is 0 Å². The number of amides is 1. The van der Waals surface area contributed by atoms with E-state index in [-0.39, 0.29) is 11.8 Å². The third-order valence-corrected chi connectivity index (χ3v) is 4.43. The van der Waals surface area contributed by atoms with Crippen LogP contribution < -0.4 is 5.43 Å². The van der Waals surface area contributed by atoms with Gasteiger partial charge in [0.2, 0.25) is 0 Å². The average molecular weight is 356 g/mol. The van der Waals surface area contributed by atoms with Crippen LogP contribution in [0.4, 0.5) is 0 Å². The zero-order valence-electron chi connectivity index (χ0n) is 15.7. The summed E-state index contributed by atoms with van der Waals surface area (Å²) in [4.78, 5) is 13.1. The van der Waals surface area contributed by atoms with Crippen molar-refractivity contribution < 1.29 is 4.79 Å². The quantitative estimate of drug-likeness (QED) is 0.490. The molecule has 3 aromatic rings. The number of hydrogen-bond acceptors (Lipinski definition) is 2. The smallest absolute Gasteiger partial charge is 0.252 e. The topological polar surface area (TPSA) is 41.5 Å². The van der Waals surface area contributed by atoms with Gasteiger partial charge in [-0.1, -0.05) is 105 Å². The Hall–Kier alpha value is -3.20. The SMILES string of the molecule is CC(C)C(=NNC(=O)C(c1ccccc1)c1ccccc1)c1ccccc1. The van der Waals surface area contributed by atoms with E-state index in [1.807, 2.05) is 91.0 Å². The predicted octanol–water partition coefficient (Wildman–Crippen LogP) is 5.00. The molecule has 0 unspecified atom stereocenters. The van der Waals surface area contributed by atoms with Crippen LogP contribution in [0, 0.1) is 5.92 Å². The highest BCUT2D eigenvalue weighted by atomic mass is 16.2. The molecule has 1 amide bonds. The maximum atomic E-state index is 13.1. The first-order chi connectivity index (χ1) is 13.2. The molecule has 0 saturated carbocycles. The van der Waals surface area contributed by atoms with Crippen molar-refractivity contribution in [2.45, 2.75) is 19.8 Å². The number of rotatable bonds is 6. The van der Waals surface area contributed by atoms with E-state index in [0.717, 1.165) is 22.4 Å². The highest BCUT2D eigenvalue weighted by Gasteiger charge is 2.22. The Morgan fingerprint density at radius 3 is 1.63 bits per heavy atom. The molecule has 0 fully saturated rings. The van der Waals surface area contributed by atoms with Gasteiger partial charge in [0.05, 0.1) is 11.6 Å². The van der Waals surface area contributed by atoms with E-state index in [2.05, 4.69) is 24.4 Å². The molecule has 136 valence electrons. The molecule has 0 aromatic heterocycles. The van der Waals surface area contributed by atoms with Gasteiger partial charge in [-0.2, -0.15) is 5.10 Å². The minimum atomic E-state index is -0.402. The largest absolute Gasteiger partial charge is 0.272 e. The Bertz CT molecular complexity index is 848. The van der Waals surface area contributed by atoms with Gasteiger partial charge in [0.25, 0.3) is 5.91 Å². The molecule has 0 heterocycles. The monoisotopic (exact) mass is 356 g/mol. The lowest BCUT2D eigenvalue weighted by molar-refractivity contribution is -0.121. The lowest BCUT2D eigenvalue weighted by Gasteiger charge is -2.17. The molecule has 0 aliphatic rings. The molecule has 0 atom stereocenters. The van der Waals surface area contributed by atoms with Crippen LogP contribution in [-0.4, -0.2) is 11.6 Å². The molecule has 0 aliphatic heterocycles. The third kappa shape index (κ3) is 4.70. The van der Waals surface area contributed by atoms with Gasteiger partial charge in [0, 0.05) is 0 Å². The van der Waals surface area contributed by atoms with Crippen molar-refractivity contribution in [2.75, 3.05) is 0 Å². The first-order valence-corrected chi connectivity index (χ1v) is 9.19. The van der Waals surface area contributed by atoms with Crippen LogP contribution in [0.2, 0.25) is 0 Å². The molecular formula is C24H24N2O. The molecule has 3 heteroatoms. The molecule has 3 aromatic carbocycles. The van der Waals surface area contributed by atoms with Crippen molar-refractivity contribution in [2.24, 2.45) is 11.0 Å². The summed E-state index contributed by atoms with van der Waals surface area (Å²) in [6.07, 6.45) is 0. The Balaban J connectivity index is 1.91. The molecule has 0 saturated heterocycles. The van der Waals surface area contributed by atoms with E-state index in [1.165, 1.54) is 0 Å². The number of carbonyl (C=O) groups excluding carboxylic acids is 1. The molecule has 3 rings (SSSR count). The number of hydrazone groups is 1. The lowest BCUT2D eigenvalue weighted by atomic mass is 9.91. The van der Waals surface area contributed by atoms with Gasteiger partial charge < -0.3 is 0 Å². The number of nitrogens with one attached hydrogen (secondary N) is 1. The Morgan fingerprint density at radius 1 is 0.741 bits per heavy atom. The number of nitrogens with zero attached hydrogens (tertiary/aromatic N) is 1. The van der Waals surface area contributed by atoms with Gasteiger partial charge in [-0.3, -0.25) is 4.79 Å². The molecule has 1 N–H and O–H groups in total. The normalized spacial score (nSPS) is 11.6. The first-order valence-electron chi connectivity index (χ1n) is 9.19. The minimum Gasteiger partial charge on any atom is -0.272 e. The predicted molar refractivity (Wildman–Crippen MR) is 111 cm³/mol. The third-order valence-electron chi connectivity index (χ3n) is 4.43. The van der Waals surface area contributed by atoms with Crippen molar-refractivity contribution in [1.29, 1.82) is 0 Å². The summed E-state index contributed by atoms with van der Waals surface area (Å²) in [7, 11) is 0. The summed E-state index contributed by atoms with van der Waals surface area (Å²) in [5, 5.41) is 4.48. The number of hydrogen-bond donors (Lipinski definition) is 1. The maximum Gasteiger partial charge on any atom is 0.252 e. The van der Waals surface area contributed by atoms with Crippen LogP contribution in [0.25, 0.3) is 0 Å². The second kappa shape index (κ2) is 8.95. The van der Waals surface area contributed by atoms with Gasteiger partial charge in [0.1, 0.15) is 0 Å². The molecule has 27 heavy (non-hydrogen) atoms. The fourth-order valence-electron chi connectivity index (χ4n) is 3.10. The summed E-state index contributed by atoms with van der Waals surface area (Å²) >= 11 is 0. The Labute approximate surface area is 160 Å². The van der Waals surface area contributed by atoms with Gasteiger partial charge in [-0.25, -0.2) is 5.43 Å². The summed E-state index contributed by atoms with van der Waals surface area (Å²) in [6, 6.07) is 29.5. The van der Waals surface area contributed by atoms with Crippen LogP contribution in [0.5, 0.6) is 0 Å². The standard InChI is InChI=1S/C24H24N2O/c1-18(2)23(21-16-10-5-11-17-21)25-26-24(27)22(19-12-6-3-7-13-19)20-14-8-4-9-15-20/h3-18,22H,1-2H3,(H,26,27). The van der Waals surface area contributed by atoms with Crippen LogP contribution >= 0.6 is 0 Å². The fourth-order valence-corrected chi connectivity index (χ4v) is 3.10. The highest BCUT2D eigenvalue weighted by molar-refractivity contribution is 6.02. The number of carbonyl (C=O) groups is 1. The van der Waals surface area contributed by atoms with E-state index in [1.54, 1.807) is 0 Å². The molecule has 3 nitrogen and oxygen atoms in total. The summed E-state index contributed by atoms with van der Waals surface area (Å²) in [6.45, 7) is 4.15. The molecule has 0 radical (unpaired) electrons. The van der Waals surface area contributed by atoms with E-state index in [4.69, 9.17) is 0 Å². The van der Waals surface area contributed by atoms with Crippen LogP contribution in [0.1, 0.15) is 36.5 Å². The number of benzene rings is 3. The van der Waals surface area contributed by atoms with Crippen LogP contribution in [0.3, 0.4) is 0 Å². The van der Waals surface area contributed by atoms with E-state index < -0.39 is 5.92 Å². The molecule has 0 spiro atoms. The van der Waals surface area contributed by atoms with Gasteiger partial charge in [0.15, 0.2) is 0 Å². The highest BCUT2D eigenvalue weighted by Crippen LogP contribution is 2.24. The van der Waals surface area contributed by atoms with Crippen molar-refractivity contribution in [3.8, 4) is 0 Å². The molecule has 0 bridgehead atoms. The average Bonchev–Trinajstić information content (AvgIpc) is 2.70. The van der Waals surface area contributed by atoms with Crippen molar-refractivity contribution in [1.82, 2.24) is 5.43 Å². The Morgan fingerprint density at radius 2 is 1.19 bits per heavy atom. The Kier molecular flexibility index (Phi) is 6.16. The van der Waals surface area contributed by atoms with Gasteiger partial charge >= 0.3 is 0 Å². The second-order valence-electron chi connectivity index (χ2n) is 6.75. The second-order valence-corrected chi connectivity index (χ2v) is 6.75. The minimum absolute atomic E-state index is 0.138. The van der Waals surface area contributed by atoms with Crippen LogP contribution in [-0.2, 0) is 4.79 Å². The van der Waals surface area contributed by atoms with Gasteiger partial charge in [-0.05, 0) is 22.6 Å². The zero-order chi connectivity index (χ0) is 19.1. The van der Waals surface area contributed by atoms with Crippen molar-refractivity contribution in [3.63, 3.8) is 0 Å². The fraction of sp³-hybridized carbons (Fsp3) is 0.167. The first kappa shape index (κ1) is 18.6. The molecule has 0 aliphatic carbocycles. The van der Waals surface area contributed by atoms with Crippen molar-refractivity contribution in [3.05, 3.63) is 108 Å². The molecular weight excluding hydrogens is 332 g/mol. The van der Waals surface area contributed by atoms with E-state index in [9.17, 15) is 4.79 Å². The van der Waals surface area contributed by atoms with E-state index in [0.29, 0.717) is 0 Å². The van der Waals surface area contributed by atoms with Gasteiger partial charge in [-0.15, -0.1) is 0 Å². The zero-order valence-corrected chi connectivity index (χ0v) is 15.7. The van der Waals surface area contributed by atoms with Crippen molar-refractivity contribution >= 4 is 11.6 Å². The lowest BCUT2D eigenvalue weighted by Crippen LogP contribution is -2.28. The summed E-state index contributed by atoms with van der Waals surface area (Å²) < 4.78 is 0. The summed E-state index contributed by atoms with van der Waals surface area (Å²) in [5.74, 6) is -0.346.